The molecule has 0 aliphatic heterocycles. The van der Waals surface area contributed by atoms with Gasteiger partial charge in [-0.3, -0.25) is 9.69 Å². The Bertz CT molecular complexity index is 600. The largest absolute Gasteiger partial charge is 0.480 e. The Kier molecular flexibility index (Phi) is 8.10. The number of hydrogen-bond donors (Lipinski definition) is 3. The Labute approximate surface area is 162 Å². The number of carboxylic acids is 1. The van der Waals surface area contributed by atoms with Crippen molar-refractivity contribution in [1.82, 2.24) is 15.5 Å². The van der Waals surface area contributed by atoms with Crippen molar-refractivity contribution in [2.24, 2.45) is 11.8 Å². The number of urea groups is 1. The summed E-state index contributed by atoms with van der Waals surface area (Å²) in [6.07, 6.45) is 2.57. The minimum Gasteiger partial charge on any atom is -0.480 e. The van der Waals surface area contributed by atoms with E-state index in [1.807, 2.05) is 30.0 Å². The molecule has 1 aliphatic carbocycles. The molecular weight excluding hydrogens is 342 g/mol. The number of likely N-dealkylation sites (N-methyl/N-ethyl adjacent to an activating group) is 1. The Morgan fingerprint density at radius 3 is 2.44 bits per heavy atom. The molecule has 1 saturated carbocycles. The van der Waals surface area contributed by atoms with Crippen molar-refractivity contribution < 1.29 is 14.7 Å². The van der Waals surface area contributed by atoms with Crippen LogP contribution in [0.1, 0.15) is 39.2 Å². The second-order valence-corrected chi connectivity index (χ2v) is 7.83. The lowest BCUT2D eigenvalue weighted by Crippen LogP contribution is -2.56. The molecule has 27 heavy (non-hydrogen) atoms. The molecule has 0 aromatic heterocycles. The van der Waals surface area contributed by atoms with Crippen LogP contribution in [0.25, 0.3) is 0 Å². The number of aliphatic carboxylic acids is 1. The van der Waals surface area contributed by atoms with E-state index < -0.39 is 5.97 Å². The third-order valence-corrected chi connectivity index (χ3v) is 5.52. The molecule has 0 heterocycles. The van der Waals surface area contributed by atoms with Crippen LogP contribution in [0.4, 0.5) is 4.79 Å². The average Bonchev–Trinajstić information content (AvgIpc) is 2.60. The van der Waals surface area contributed by atoms with Crippen molar-refractivity contribution >= 4 is 12.0 Å². The Morgan fingerprint density at radius 1 is 1.22 bits per heavy atom. The van der Waals surface area contributed by atoms with Gasteiger partial charge >= 0.3 is 12.0 Å². The molecule has 2 amide bonds. The van der Waals surface area contributed by atoms with Crippen molar-refractivity contribution in [2.75, 3.05) is 19.6 Å². The molecule has 1 aliphatic rings. The zero-order chi connectivity index (χ0) is 19.8. The van der Waals surface area contributed by atoms with Gasteiger partial charge in [-0.05, 0) is 43.2 Å². The van der Waals surface area contributed by atoms with Gasteiger partial charge in [0.15, 0.2) is 0 Å². The monoisotopic (exact) mass is 375 g/mol. The van der Waals surface area contributed by atoms with Crippen molar-refractivity contribution in [3.05, 3.63) is 35.9 Å². The number of carboxylic acid groups (broad SMARTS) is 1. The van der Waals surface area contributed by atoms with Crippen LogP contribution in [0.15, 0.2) is 30.3 Å². The van der Waals surface area contributed by atoms with E-state index in [4.69, 9.17) is 5.11 Å². The number of rotatable bonds is 10. The van der Waals surface area contributed by atoms with Gasteiger partial charge in [0.25, 0.3) is 0 Å². The fourth-order valence-electron chi connectivity index (χ4n) is 3.60. The maximum atomic E-state index is 12.2. The summed E-state index contributed by atoms with van der Waals surface area (Å²) in [5.41, 5.74) is 1.29. The highest BCUT2D eigenvalue weighted by Gasteiger charge is 2.34. The number of hydrogen-bond acceptors (Lipinski definition) is 3. The first-order valence-corrected chi connectivity index (χ1v) is 9.93. The molecule has 1 atom stereocenters. The summed E-state index contributed by atoms with van der Waals surface area (Å²) in [7, 11) is 0. The highest BCUT2D eigenvalue weighted by atomic mass is 16.4. The van der Waals surface area contributed by atoms with Gasteiger partial charge in [-0.15, -0.1) is 0 Å². The molecule has 1 aromatic rings. The van der Waals surface area contributed by atoms with Crippen LogP contribution >= 0.6 is 0 Å². The summed E-state index contributed by atoms with van der Waals surface area (Å²) in [4.78, 5) is 25.1. The zero-order valence-corrected chi connectivity index (χ0v) is 16.6. The number of nitrogens with zero attached hydrogens (tertiary/aromatic N) is 1. The molecule has 0 saturated heterocycles. The van der Waals surface area contributed by atoms with E-state index in [0.717, 1.165) is 19.3 Å². The van der Waals surface area contributed by atoms with E-state index in [-0.39, 0.29) is 24.7 Å². The lowest BCUT2D eigenvalue weighted by Gasteiger charge is -2.42. The van der Waals surface area contributed by atoms with E-state index in [1.165, 1.54) is 5.56 Å². The second-order valence-electron chi connectivity index (χ2n) is 7.83. The first kappa shape index (κ1) is 21.2. The number of carbonyl (C=O) groups is 2. The molecular formula is C21H33N3O3. The van der Waals surface area contributed by atoms with Crippen molar-refractivity contribution in [3.8, 4) is 0 Å². The minimum atomic E-state index is -0.802. The molecule has 150 valence electrons. The van der Waals surface area contributed by atoms with E-state index in [2.05, 4.69) is 36.6 Å². The summed E-state index contributed by atoms with van der Waals surface area (Å²) in [6.45, 7) is 7.77. The van der Waals surface area contributed by atoms with Crippen molar-refractivity contribution in [2.45, 2.75) is 52.1 Å². The summed E-state index contributed by atoms with van der Waals surface area (Å²) in [5, 5.41) is 15.0. The van der Waals surface area contributed by atoms with Crippen LogP contribution in [0.3, 0.4) is 0 Å². The molecule has 3 N–H and O–H groups in total. The molecule has 0 radical (unpaired) electrons. The lowest BCUT2D eigenvalue weighted by atomic mass is 9.85. The van der Waals surface area contributed by atoms with Gasteiger partial charge < -0.3 is 15.7 Å². The molecule has 1 aromatic carbocycles. The van der Waals surface area contributed by atoms with Crippen LogP contribution in [0.5, 0.6) is 0 Å². The van der Waals surface area contributed by atoms with E-state index in [0.29, 0.717) is 24.9 Å². The third kappa shape index (κ3) is 6.86. The predicted molar refractivity (Wildman–Crippen MR) is 107 cm³/mol. The Balaban J connectivity index is 1.71. The molecule has 0 bridgehead atoms. The number of amides is 2. The molecule has 0 spiro atoms. The molecule has 6 heteroatoms. The fourth-order valence-corrected chi connectivity index (χ4v) is 3.60. The number of carbonyl (C=O) groups excluding carboxylic acids is 1. The maximum absolute atomic E-state index is 12.2. The van der Waals surface area contributed by atoms with Gasteiger partial charge in [-0.25, -0.2) is 4.79 Å². The Morgan fingerprint density at radius 2 is 1.89 bits per heavy atom. The summed E-state index contributed by atoms with van der Waals surface area (Å²) in [6, 6.07) is 10.6. The summed E-state index contributed by atoms with van der Waals surface area (Å²) in [5.74, 6) is 0.0651. The maximum Gasteiger partial charge on any atom is 0.317 e. The zero-order valence-electron chi connectivity index (χ0n) is 16.6. The van der Waals surface area contributed by atoms with Gasteiger partial charge in [0.05, 0.1) is 6.54 Å². The smallest absolute Gasteiger partial charge is 0.317 e. The fraction of sp³-hybridized carbons (Fsp3) is 0.619. The molecule has 1 unspecified atom stereocenters. The molecule has 6 nitrogen and oxygen atoms in total. The standard InChI is InChI=1S/C21H33N3O3/c1-4-24(14-20(25)26)19-11-18(12-19)23-21(27)22-13-17(15(2)3)10-16-8-6-5-7-9-16/h5-9,15,17-19H,4,10-14H2,1-3H3,(H,25,26)(H2,22,23,27). The van der Waals surface area contributed by atoms with Gasteiger partial charge in [0, 0.05) is 18.6 Å². The number of benzene rings is 1. The van der Waals surface area contributed by atoms with Gasteiger partial charge in [-0.1, -0.05) is 51.1 Å². The average molecular weight is 376 g/mol. The van der Waals surface area contributed by atoms with Crippen LogP contribution in [-0.4, -0.2) is 53.7 Å². The second kappa shape index (κ2) is 10.3. The van der Waals surface area contributed by atoms with E-state index in [1.54, 1.807) is 0 Å². The normalized spacial score (nSPS) is 20.2. The molecule has 2 rings (SSSR count). The van der Waals surface area contributed by atoms with Crippen LogP contribution < -0.4 is 10.6 Å². The first-order valence-electron chi connectivity index (χ1n) is 9.93. The van der Waals surface area contributed by atoms with Crippen molar-refractivity contribution in [1.29, 1.82) is 0 Å². The van der Waals surface area contributed by atoms with Gasteiger partial charge in [-0.2, -0.15) is 0 Å². The molecule has 1 fully saturated rings. The highest BCUT2D eigenvalue weighted by Crippen LogP contribution is 2.25. The summed E-state index contributed by atoms with van der Waals surface area (Å²) < 4.78 is 0. The number of nitrogens with one attached hydrogen (secondary N) is 2. The third-order valence-electron chi connectivity index (χ3n) is 5.52. The van der Waals surface area contributed by atoms with Crippen LogP contribution in [0, 0.1) is 11.8 Å². The highest BCUT2D eigenvalue weighted by molar-refractivity contribution is 5.74. The van der Waals surface area contributed by atoms with E-state index in [9.17, 15) is 9.59 Å². The predicted octanol–water partition coefficient (Wildman–Crippen LogP) is 2.74. The SMILES string of the molecule is CCN(CC(=O)O)C1CC(NC(=O)NCC(Cc2ccccc2)C(C)C)C1. The quantitative estimate of drug-likeness (QED) is 0.587. The Hall–Kier alpha value is -2.08. The first-order chi connectivity index (χ1) is 12.9. The summed E-state index contributed by atoms with van der Waals surface area (Å²) >= 11 is 0. The van der Waals surface area contributed by atoms with Gasteiger partial charge in [0.1, 0.15) is 0 Å². The minimum absolute atomic E-state index is 0.0651. The van der Waals surface area contributed by atoms with Crippen LogP contribution in [0.2, 0.25) is 0 Å². The van der Waals surface area contributed by atoms with Gasteiger partial charge in [0.2, 0.25) is 0 Å². The lowest BCUT2D eigenvalue weighted by molar-refractivity contribution is -0.139. The van der Waals surface area contributed by atoms with Crippen LogP contribution in [-0.2, 0) is 11.2 Å². The van der Waals surface area contributed by atoms with Crippen molar-refractivity contribution in [3.63, 3.8) is 0 Å². The topological polar surface area (TPSA) is 81.7 Å². The van der Waals surface area contributed by atoms with E-state index >= 15 is 0 Å².